The molecular formula is C14H15ClN2O7S. The molecule has 2 rings (SSSR count). The van der Waals surface area contributed by atoms with Gasteiger partial charge in [0.2, 0.25) is 0 Å². The van der Waals surface area contributed by atoms with Gasteiger partial charge in [-0.3, -0.25) is 14.9 Å². The molecule has 1 atom stereocenters. The lowest BCUT2D eigenvalue weighted by Crippen LogP contribution is -2.40. The fourth-order valence-electron chi connectivity index (χ4n) is 2.38. The maximum Gasteiger partial charge on any atom is 0.338 e. The Bertz CT molecular complexity index is 824. The van der Waals surface area contributed by atoms with Crippen molar-refractivity contribution in [2.24, 2.45) is 0 Å². The van der Waals surface area contributed by atoms with Gasteiger partial charge >= 0.3 is 5.97 Å². The minimum absolute atomic E-state index is 0.0174. The Hall–Kier alpha value is -2.20. The van der Waals surface area contributed by atoms with E-state index >= 15 is 0 Å². The second-order valence-corrected chi connectivity index (χ2v) is 8.20. The molecule has 1 aliphatic heterocycles. The zero-order valence-electron chi connectivity index (χ0n) is 13.2. The summed E-state index contributed by atoms with van der Waals surface area (Å²) >= 11 is 5.66. The van der Waals surface area contributed by atoms with E-state index in [1.54, 1.807) is 0 Å². The largest absolute Gasteiger partial charge is 0.452 e. The molecule has 0 spiro atoms. The number of ether oxygens (including phenoxy) is 1. The number of rotatable bonds is 5. The first-order chi connectivity index (χ1) is 11.6. The van der Waals surface area contributed by atoms with Gasteiger partial charge in [-0.15, -0.1) is 0 Å². The minimum Gasteiger partial charge on any atom is -0.452 e. The number of esters is 1. The molecule has 25 heavy (non-hydrogen) atoms. The van der Waals surface area contributed by atoms with Gasteiger partial charge in [-0.05, 0) is 18.6 Å². The highest BCUT2D eigenvalue weighted by Crippen LogP contribution is 2.25. The number of halogens is 1. The number of nitro benzene ring substituents is 1. The normalized spacial score (nSPS) is 18.6. The monoisotopic (exact) mass is 390 g/mol. The molecule has 1 aromatic rings. The van der Waals surface area contributed by atoms with Crippen molar-refractivity contribution in [3.05, 3.63) is 38.9 Å². The van der Waals surface area contributed by atoms with E-state index in [-0.39, 0.29) is 22.1 Å². The smallest absolute Gasteiger partial charge is 0.338 e. The number of sulfone groups is 1. The fraction of sp³-hybridized carbons (Fsp3) is 0.429. The molecule has 0 aromatic heterocycles. The molecule has 0 radical (unpaired) electrons. The molecule has 1 saturated heterocycles. The minimum atomic E-state index is -3.14. The average Bonchev–Trinajstić information content (AvgIpc) is 2.91. The lowest BCUT2D eigenvalue weighted by molar-refractivity contribution is -0.384. The Morgan fingerprint density at radius 1 is 1.44 bits per heavy atom. The zero-order chi connectivity index (χ0) is 18.8. The number of hydrogen-bond acceptors (Lipinski definition) is 7. The van der Waals surface area contributed by atoms with Crippen molar-refractivity contribution in [2.45, 2.75) is 12.5 Å². The number of carbonyl (C=O) groups is 2. The van der Waals surface area contributed by atoms with Crippen LogP contribution in [0.5, 0.6) is 0 Å². The topological polar surface area (TPSA) is 124 Å². The summed E-state index contributed by atoms with van der Waals surface area (Å²) < 4.78 is 27.7. The van der Waals surface area contributed by atoms with Crippen LogP contribution in [-0.4, -0.2) is 61.3 Å². The van der Waals surface area contributed by atoms with E-state index in [0.29, 0.717) is 6.42 Å². The van der Waals surface area contributed by atoms with Crippen LogP contribution in [0.3, 0.4) is 0 Å². The van der Waals surface area contributed by atoms with Crippen molar-refractivity contribution in [1.29, 1.82) is 0 Å². The van der Waals surface area contributed by atoms with E-state index < -0.39 is 45.0 Å². The van der Waals surface area contributed by atoms with E-state index in [2.05, 4.69) is 0 Å². The van der Waals surface area contributed by atoms with Crippen molar-refractivity contribution in [3.8, 4) is 0 Å². The molecule has 1 aromatic carbocycles. The number of benzene rings is 1. The molecule has 136 valence electrons. The summed E-state index contributed by atoms with van der Waals surface area (Å²) in [5, 5.41) is 10.7. The Kier molecular flexibility index (Phi) is 5.63. The van der Waals surface area contributed by atoms with Gasteiger partial charge < -0.3 is 9.64 Å². The van der Waals surface area contributed by atoms with Crippen LogP contribution in [0.15, 0.2) is 18.2 Å². The van der Waals surface area contributed by atoms with Crippen molar-refractivity contribution in [1.82, 2.24) is 4.90 Å². The molecule has 0 N–H and O–H groups in total. The summed E-state index contributed by atoms with van der Waals surface area (Å²) in [6.45, 7) is -0.595. The van der Waals surface area contributed by atoms with Gasteiger partial charge in [0.05, 0.1) is 22.0 Å². The second kappa shape index (κ2) is 7.36. The molecule has 1 fully saturated rings. The third-order valence-electron chi connectivity index (χ3n) is 3.85. The highest BCUT2D eigenvalue weighted by molar-refractivity contribution is 7.91. The Balaban J connectivity index is 1.97. The van der Waals surface area contributed by atoms with Gasteiger partial charge in [0.25, 0.3) is 11.6 Å². The van der Waals surface area contributed by atoms with Crippen molar-refractivity contribution in [3.63, 3.8) is 0 Å². The standard InChI is InChI=1S/C14H15ClN2O7S/c1-16(10-4-5-25(22,23)8-10)13(18)7-24-14(19)9-2-3-11(15)12(6-9)17(20)21/h2-3,6,10H,4-5,7-8H2,1H3/t10-/m1/s1. The number of nitro groups is 1. The Morgan fingerprint density at radius 3 is 2.68 bits per heavy atom. The van der Waals surface area contributed by atoms with Gasteiger partial charge in [-0.1, -0.05) is 11.6 Å². The first-order valence-corrected chi connectivity index (χ1v) is 9.38. The first kappa shape index (κ1) is 19.1. The van der Waals surface area contributed by atoms with Gasteiger partial charge in [0, 0.05) is 19.2 Å². The Morgan fingerprint density at radius 2 is 2.12 bits per heavy atom. The van der Waals surface area contributed by atoms with Crippen LogP contribution in [0.2, 0.25) is 5.02 Å². The van der Waals surface area contributed by atoms with E-state index in [0.717, 1.165) is 6.07 Å². The highest BCUT2D eigenvalue weighted by atomic mass is 35.5. The summed E-state index contributed by atoms with van der Waals surface area (Å²) in [6, 6.07) is 2.94. The van der Waals surface area contributed by atoms with E-state index in [1.807, 2.05) is 0 Å². The van der Waals surface area contributed by atoms with Crippen molar-refractivity contribution in [2.75, 3.05) is 25.2 Å². The number of carbonyl (C=O) groups excluding carboxylic acids is 2. The summed E-state index contributed by atoms with van der Waals surface area (Å²) in [7, 11) is -1.70. The van der Waals surface area contributed by atoms with Gasteiger partial charge in [0.1, 0.15) is 5.02 Å². The van der Waals surface area contributed by atoms with E-state index in [1.165, 1.54) is 24.1 Å². The molecule has 1 heterocycles. The summed E-state index contributed by atoms with van der Waals surface area (Å²) in [4.78, 5) is 35.3. The van der Waals surface area contributed by atoms with Crippen LogP contribution < -0.4 is 0 Å². The van der Waals surface area contributed by atoms with E-state index in [9.17, 15) is 28.1 Å². The molecule has 0 saturated carbocycles. The molecule has 9 nitrogen and oxygen atoms in total. The summed E-state index contributed by atoms with van der Waals surface area (Å²) in [5.74, 6) is -1.57. The lowest BCUT2D eigenvalue weighted by Gasteiger charge is -2.23. The average molecular weight is 391 g/mol. The number of amides is 1. The van der Waals surface area contributed by atoms with Crippen LogP contribution in [0, 0.1) is 10.1 Å². The molecule has 0 bridgehead atoms. The predicted molar refractivity (Wildman–Crippen MR) is 88.2 cm³/mol. The quantitative estimate of drug-likeness (QED) is 0.418. The fourth-order valence-corrected chi connectivity index (χ4v) is 4.34. The lowest BCUT2D eigenvalue weighted by atomic mass is 10.2. The molecule has 0 aliphatic carbocycles. The predicted octanol–water partition coefficient (Wildman–Crippen LogP) is 1.05. The molecular weight excluding hydrogens is 376 g/mol. The number of nitrogens with zero attached hydrogens (tertiary/aromatic N) is 2. The second-order valence-electron chi connectivity index (χ2n) is 5.56. The maximum atomic E-state index is 12.0. The van der Waals surface area contributed by atoms with Crippen molar-refractivity contribution < 1.29 is 27.7 Å². The third kappa shape index (κ3) is 4.67. The van der Waals surface area contributed by atoms with Crippen LogP contribution in [0.4, 0.5) is 5.69 Å². The van der Waals surface area contributed by atoms with Crippen molar-refractivity contribution >= 4 is 39.0 Å². The van der Waals surface area contributed by atoms with E-state index in [4.69, 9.17) is 16.3 Å². The molecule has 1 amide bonds. The zero-order valence-corrected chi connectivity index (χ0v) is 14.7. The van der Waals surface area contributed by atoms with Crippen LogP contribution in [0.25, 0.3) is 0 Å². The molecule has 11 heteroatoms. The summed E-state index contributed by atoms with van der Waals surface area (Å²) in [5.41, 5.74) is -0.564. The molecule has 0 unspecified atom stereocenters. The maximum absolute atomic E-state index is 12.0. The first-order valence-electron chi connectivity index (χ1n) is 7.18. The van der Waals surface area contributed by atoms with Gasteiger partial charge in [-0.2, -0.15) is 0 Å². The number of likely N-dealkylation sites (N-methyl/N-ethyl adjacent to an activating group) is 1. The summed E-state index contributed by atoms with van der Waals surface area (Å²) in [6.07, 6.45) is 0.335. The van der Waals surface area contributed by atoms with Gasteiger partial charge in [-0.25, -0.2) is 13.2 Å². The highest BCUT2D eigenvalue weighted by Gasteiger charge is 2.33. The number of hydrogen-bond donors (Lipinski definition) is 0. The van der Waals surface area contributed by atoms with Crippen LogP contribution >= 0.6 is 11.6 Å². The SMILES string of the molecule is CN(C(=O)COC(=O)c1ccc(Cl)c([N+](=O)[O-])c1)[C@@H]1CCS(=O)(=O)C1. The van der Waals surface area contributed by atoms with Crippen LogP contribution in [-0.2, 0) is 19.4 Å². The van der Waals surface area contributed by atoms with Gasteiger partial charge in [0.15, 0.2) is 16.4 Å². The Labute approximate surface area is 148 Å². The molecule has 1 aliphatic rings. The third-order valence-corrected chi connectivity index (χ3v) is 5.92. The van der Waals surface area contributed by atoms with Crippen LogP contribution in [0.1, 0.15) is 16.8 Å².